The second kappa shape index (κ2) is 8.92. The van der Waals surface area contributed by atoms with Crippen molar-refractivity contribution in [2.24, 2.45) is 0 Å². The van der Waals surface area contributed by atoms with Crippen LogP contribution in [0.25, 0.3) is 0 Å². The number of halogens is 1. The molecule has 0 atom stereocenters. The summed E-state index contributed by atoms with van der Waals surface area (Å²) in [6.45, 7) is 2.63. The van der Waals surface area contributed by atoms with Crippen LogP contribution in [0.1, 0.15) is 24.2 Å². The topological polar surface area (TPSA) is 131 Å². The lowest BCUT2D eigenvalue weighted by Crippen LogP contribution is -2.39. The number of imide groups is 1. The highest BCUT2D eigenvalue weighted by Gasteiger charge is 2.20. The Bertz CT molecular complexity index is 779. The highest BCUT2D eigenvalue weighted by molar-refractivity contribution is 9.10. The van der Waals surface area contributed by atoms with Crippen molar-refractivity contribution in [2.75, 3.05) is 13.7 Å². The van der Waals surface area contributed by atoms with Gasteiger partial charge in [-0.2, -0.15) is 0 Å². The van der Waals surface area contributed by atoms with Crippen molar-refractivity contribution in [2.45, 2.75) is 24.8 Å². The molecule has 0 aromatic heterocycles. The van der Waals surface area contributed by atoms with Gasteiger partial charge >= 0.3 is 12.0 Å². The van der Waals surface area contributed by atoms with Gasteiger partial charge < -0.3 is 10.1 Å². The van der Waals surface area contributed by atoms with E-state index in [2.05, 4.69) is 26.0 Å². The molecule has 1 aromatic carbocycles. The van der Waals surface area contributed by atoms with E-state index in [1.54, 1.807) is 13.8 Å². The number of ether oxygens (including phenoxy) is 1. The molecule has 0 radical (unpaired) electrons. The smallest absolute Gasteiger partial charge is 0.339 e. The fourth-order valence-corrected chi connectivity index (χ4v) is 3.33. The maximum absolute atomic E-state index is 12.2. The summed E-state index contributed by atoms with van der Waals surface area (Å²) in [7, 11) is -2.47. The molecule has 9 nitrogen and oxygen atoms in total. The molecule has 0 fully saturated rings. The minimum absolute atomic E-state index is 0.0700. The zero-order valence-electron chi connectivity index (χ0n) is 13.8. The summed E-state index contributed by atoms with van der Waals surface area (Å²) in [5.74, 6) is -1.74. The number of carbonyl (C=O) groups is 3. The molecule has 0 aliphatic carbocycles. The van der Waals surface area contributed by atoms with Crippen molar-refractivity contribution in [3.63, 3.8) is 0 Å². The lowest BCUT2D eigenvalue weighted by Gasteiger charge is -2.11. The van der Waals surface area contributed by atoms with Crippen LogP contribution in [-0.2, 0) is 19.6 Å². The van der Waals surface area contributed by atoms with Crippen LogP contribution >= 0.6 is 15.9 Å². The fraction of sp³-hybridized carbons (Fsp3) is 0.357. The lowest BCUT2D eigenvalue weighted by molar-refractivity contribution is -0.123. The van der Waals surface area contributed by atoms with Gasteiger partial charge in [0.2, 0.25) is 10.0 Å². The van der Waals surface area contributed by atoms with Gasteiger partial charge in [0.05, 0.1) is 10.5 Å². The average molecular weight is 436 g/mol. The molecule has 3 N–H and O–H groups in total. The summed E-state index contributed by atoms with van der Waals surface area (Å²) in [4.78, 5) is 34.3. The minimum atomic E-state index is -3.79. The van der Waals surface area contributed by atoms with Gasteiger partial charge in [0.15, 0.2) is 6.61 Å². The standard InChI is InChI=1S/C14H18BrN3O6S/c1-8(2)18-25(22,23)9-4-5-11(15)10(6-9)13(20)24-7-12(19)17-14(21)16-3/h4-6,8,18H,7H2,1-3H3,(H2,16,17,19,21). The zero-order chi connectivity index (χ0) is 19.2. The minimum Gasteiger partial charge on any atom is -0.452 e. The largest absolute Gasteiger partial charge is 0.452 e. The van der Waals surface area contributed by atoms with Crippen molar-refractivity contribution in [3.05, 3.63) is 28.2 Å². The van der Waals surface area contributed by atoms with Crippen LogP contribution in [0.15, 0.2) is 27.6 Å². The number of sulfonamides is 1. The number of benzene rings is 1. The van der Waals surface area contributed by atoms with Crippen molar-refractivity contribution in [3.8, 4) is 0 Å². The van der Waals surface area contributed by atoms with Crippen molar-refractivity contribution in [1.29, 1.82) is 0 Å². The molecule has 0 heterocycles. The van der Waals surface area contributed by atoms with E-state index in [-0.39, 0.29) is 16.5 Å². The Kier molecular flexibility index (Phi) is 7.52. The third-order valence-electron chi connectivity index (χ3n) is 2.67. The predicted molar refractivity (Wildman–Crippen MR) is 92.5 cm³/mol. The Hall–Kier alpha value is -1.98. The number of nitrogens with one attached hydrogen (secondary N) is 3. The molecule has 1 rings (SSSR count). The number of hydrogen-bond acceptors (Lipinski definition) is 6. The van der Waals surface area contributed by atoms with E-state index < -0.39 is 34.5 Å². The summed E-state index contributed by atoms with van der Waals surface area (Å²) in [5.41, 5.74) is -0.0700. The summed E-state index contributed by atoms with van der Waals surface area (Å²) < 4.78 is 31.8. The van der Waals surface area contributed by atoms with Crippen LogP contribution in [0.3, 0.4) is 0 Å². The number of esters is 1. The van der Waals surface area contributed by atoms with Crippen LogP contribution in [0, 0.1) is 0 Å². The molecule has 0 unspecified atom stereocenters. The molecule has 11 heteroatoms. The van der Waals surface area contributed by atoms with E-state index in [0.717, 1.165) is 6.07 Å². The zero-order valence-corrected chi connectivity index (χ0v) is 16.2. The number of carbonyl (C=O) groups excluding carboxylic acids is 3. The van der Waals surface area contributed by atoms with Crippen molar-refractivity contribution in [1.82, 2.24) is 15.4 Å². The van der Waals surface area contributed by atoms with E-state index in [9.17, 15) is 22.8 Å². The van der Waals surface area contributed by atoms with Gasteiger partial charge in [-0.3, -0.25) is 10.1 Å². The Balaban J connectivity index is 2.90. The van der Waals surface area contributed by atoms with E-state index in [1.165, 1.54) is 19.2 Å². The van der Waals surface area contributed by atoms with Crippen LogP contribution < -0.4 is 15.4 Å². The van der Waals surface area contributed by atoms with Gasteiger partial charge in [-0.15, -0.1) is 0 Å². The Morgan fingerprint density at radius 2 is 1.88 bits per heavy atom. The van der Waals surface area contributed by atoms with E-state index in [0.29, 0.717) is 4.47 Å². The maximum Gasteiger partial charge on any atom is 0.339 e. The molecule has 3 amide bonds. The third kappa shape index (κ3) is 6.44. The Morgan fingerprint density at radius 1 is 1.24 bits per heavy atom. The molecule has 0 spiro atoms. The predicted octanol–water partition coefficient (Wildman–Crippen LogP) is 0.748. The first-order valence-electron chi connectivity index (χ1n) is 7.07. The van der Waals surface area contributed by atoms with Gasteiger partial charge in [-0.05, 0) is 48.0 Å². The molecular weight excluding hydrogens is 418 g/mol. The monoisotopic (exact) mass is 435 g/mol. The van der Waals surface area contributed by atoms with Crippen molar-refractivity contribution < 1.29 is 27.5 Å². The molecule has 138 valence electrons. The number of urea groups is 1. The first-order valence-corrected chi connectivity index (χ1v) is 9.35. The van der Waals surface area contributed by atoms with Gasteiger partial charge in [0.25, 0.3) is 5.91 Å². The average Bonchev–Trinajstić information content (AvgIpc) is 2.51. The summed E-state index contributed by atoms with van der Waals surface area (Å²) in [5, 5.41) is 4.10. The second-order valence-electron chi connectivity index (χ2n) is 5.12. The SMILES string of the molecule is CNC(=O)NC(=O)COC(=O)c1cc(S(=O)(=O)NC(C)C)ccc1Br. The van der Waals surface area contributed by atoms with E-state index in [1.807, 2.05) is 5.32 Å². The van der Waals surface area contributed by atoms with Crippen molar-refractivity contribution >= 4 is 43.9 Å². The van der Waals surface area contributed by atoms with Gasteiger partial charge in [0.1, 0.15) is 0 Å². The first kappa shape index (κ1) is 21.1. The molecule has 0 saturated heterocycles. The van der Waals surface area contributed by atoms with Crippen LogP contribution in [-0.4, -0.2) is 46.0 Å². The number of hydrogen-bond donors (Lipinski definition) is 3. The third-order valence-corrected chi connectivity index (χ3v) is 5.02. The van der Waals surface area contributed by atoms with Gasteiger partial charge in [-0.1, -0.05) is 0 Å². The number of amides is 3. The Morgan fingerprint density at radius 3 is 2.44 bits per heavy atom. The summed E-state index contributed by atoms with van der Waals surface area (Å²) >= 11 is 3.13. The summed E-state index contributed by atoms with van der Waals surface area (Å²) in [6, 6.07) is 2.78. The highest BCUT2D eigenvalue weighted by Crippen LogP contribution is 2.22. The molecule has 0 saturated carbocycles. The van der Waals surface area contributed by atoms with Crippen LogP contribution in [0.2, 0.25) is 0 Å². The molecule has 0 bridgehead atoms. The molecular formula is C14H18BrN3O6S. The highest BCUT2D eigenvalue weighted by atomic mass is 79.9. The van der Waals surface area contributed by atoms with Crippen LogP contribution in [0.4, 0.5) is 4.79 Å². The maximum atomic E-state index is 12.2. The number of rotatable bonds is 6. The van der Waals surface area contributed by atoms with Gasteiger partial charge in [-0.25, -0.2) is 22.7 Å². The lowest BCUT2D eigenvalue weighted by atomic mass is 10.2. The fourth-order valence-electron chi connectivity index (χ4n) is 1.64. The Labute approximate surface area is 153 Å². The first-order chi connectivity index (χ1) is 11.6. The molecule has 0 aliphatic rings. The van der Waals surface area contributed by atoms with Crippen LogP contribution in [0.5, 0.6) is 0 Å². The molecule has 25 heavy (non-hydrogen) atoms. The normalized spacial score (nSPS) is 11.1. The second-order valence-corrected chi connectivity index (χ2v) is 7.69. The summed E-state index contributed by atoms with van der Waals surface area (Å²) in [6.07, 6.45) is 0. The van der Waals surface area contributed by atoms with Gasteiger partial charge in [0, 0.05) is 17.6 Å². The van der Waals surface area contributed by atoms with E-state index >= 15 is 0 Å². The van der Waals surface area contributed by atoms with E-state index in [4.69, 9.17) is 4.74 Å². The molecule has 1 aromatic rings. The molecule has 0 aliphatic heterocycles. The quantitative estimate of drug-likeness (QED) is 0.564.